The lowest BCUT2D eigenvalue weighted by Gasteiger charge is -2.36. The third kappa shape index (κ3) is 5.44. The first-order chi connectivity index (χ1) is 21.4. The smallest absolute Gasteiger partial charge is 0.251 e. The van der Waals surface area contributed by atoms with Crippen molar-refractivity contribution in [3.8, 4) is 11.6 Å². The van der Waals surface area contributed by atoms with Gasteiger partial charge in [0.2, 0.25) is 11.8 Å². The molecule has 230 valence electrons. The van der Waals surface area contributed by atoms with Gasteiger partial charge in [0.05, 0.1) is 37.5 Å². The molecule has 14 nitrogen and oxygen atoms in total. The van der Waals surface area contributed by atoms with Crippen LogP contribution in [0, 0.1) is 5.82 Å². The van der Waals surface area contributed by atoms with Crippen LogP contribution in [0.2, 0.25) is 0 Å². The molecule has 0 bridgehead atoms. The van der Waals surface area contributed by atoms with Crippen LogP contribution in [0.5, 0.6) is 0 Å². The monoisotopic (exact) mass is 603 g/mol. The number of nitrogen functional groups attached to an aromatic ring is 1. The standard InChI is InChI=1S/C29H34FN11O3/c1-37(20-16-43-17-20)7-6-32-28(42)19-4-5-22(21(30)15-19)39-11-8-38(9-12-39)10-13-40-18-33-24-26(40)35-29(31)41-27(24)34-25(36-41)23-3-2-14-44-23/h2-5,14-15,18,20H,6-13,16-17H2,1H3,(H2,31,35)(H,32,42). The van der Waals surface area contributed by atoms with E-state index >= 15 is 4.39 Å². The number of imidazole rings is 1. The molecule has 0 unspecified atom stereocenters. The van der Waals surface area contributed by atoms with Crippen molar-refractivity contribution >= 4 is 34.4 Å². The Hall–Kier alpha value is -4.60. The number of carbonyl (C=O) groups is 1. The van der Waals surface area contributed by atoms with Crippen molar-refractivity contribution in [1.29, 1.82) is 0 Å². The van der Waals surface area contributed by atoms with E-state index in [-0.39, 0.29) is 11.9 Å². The van der Waals surface area contributed by atoms with E-state index in [0.717, 1.165) is 32.8 Å². The van der Waals surface area contributed by atoms with Gasteiger partial charge in [-0.2, -0.15) is 9.50 Å². The minimum Gasteiger partial charge on any atom is -0.461 e. The summed E-state index contributed by atoms with van der Waals surface area (Å²) in [6.07, 6.45) is 3.30. The molecule has 15 heteroatoms. The molecule has 2 saturated heterocycles. The molecule has 2 aliphatic rings. The number of hydrogen-bond acceptors (Lipinski definition) is 11. The van der Waals surface area contributed by atoms with E-state index in [2.05, 4.69) is 35.2 Å². The molecule has 44 heavy (non-hydrogen) atoms. The average Bonchev–Trinajstić information content (AvgIpc) is 3.76. The molecule has 0 radical (unpaired) electrons. The SMILES string of the molecule is CN(CCNC(=O)c1ccc(N2CCN(CCn3cnc4c3nc(N)n3nc(-c5ccco5)nc43)CC2)c(F)c1)C1COC1. The Morgan fingerprint density at radius 1 is 1.14 bits per heavy atom. The van der Waals surface area contributed by atoms with Gasteiger partial charge < -0.3 is 29.7 Å². The van der Waals surface area contributed by atoms with Crippen molar-refractivity contribution in [3.63, 3.8) is 0 Å². The number of likely N-dealkylation sites (N-methyl/N-ethyl adjacent to an activating group) is 1. The van der Waals surface area contributed by atoms with Crippen molar-refractivity contribution in [1.82, 2.24) is 44.2 Å². The second-order valence-corrected chi connectivity index (χ2v) is 11.2. The molecule has 5 aromatic rings. The third-order valence-electron chi connectivity index (χ3n) is 8.38. The molecular formula is C29H34FN11O3. The van der Waals surface area contributed by atoms with Crippen LogP contribution in [0.25, 0.3) is 28.4 Å². The largest absolute Gasteiger partial charge is 0.461 e. The highest BCUT2D eigenvalue weighted by atomic mass is 19.1. The zero-order chi connectivity index (χ0) is 30.2. The van der Waals surface area contributed by atoms with Gasteiger partial charge in [-0.3, -0.25) is 14.6 Å². The number of aromatic nitrogens is 6. The number of nitrogens with two attached hydrogens (primary N) is 1. The highest BCUT2D eigenvalue weighted by Gasteiger charge is 2.24. The highest BCUT2D eigenvalue weighted by Crippen LogP contribution is 2.24. The fourth-order valence-corrected chi connectivity index (χ4v) is 5.58. The molecule has 0 spiro atoms. The Labute approximate surface area is 252 Å². The van der Waals surface area contributed by atoms with E-state index < -0.39 is 5.82 Å². The van der Waals surface area contributed by atoms with E-state index in [1.165, 1.54) is 10.6 Å². The number of nitrogens with zero attached hydrogens (tertiary/aromatic N) is 9. The molecule has 0 atom stereocenters. The average molecular weight is 604 g/mol. The first-order valence-electron chi connectivity index (χ1n) is 14.7. The summed E-state index contributed by atoms with van der Waals surface area (Å²) < 4.78 is 29.2. The summed E-state index contributed by atoms with van der Waals surface area (Å²) in [6, 6.07) is 8.68. The van der Waals surface area contributed by atoms with E-state index in [0.29, 0.717) is 78.4 Å². The van der Waals surface area contributed by atoms with Gasteiger partial charge in [-0.1, -0.05) is 0 Å². The van der Waals surface area contributed by atoms with Crippen LogP contribution in [0.4, 0.5) is 16.0 Å². The number of benzene rings is 1. The topological polar surface area (TPSA) is 148 Å². The molecular weight excluding hydrogens is 569 g/mol. The number of furan rings is 1. The van der Waals surface area contributed by atoms with E-state index in [1.807, 2.05) is 16.5 Å². The molecule has 6 heterocycles. The van der Waals surface area contributed by atoms with Crippen LogP contribution < -0.4 is 16.0 Å². The second kappa shape index (κ2) is 11.8. The number of halogens is 1. The molecule has 1 aromatic carbocycles. The number of nitrogens with one attached hydrogen (secondary N) is 1. The summed E-state index contributed by atoms with van der Waals surface area (Å²) in [5.41, 5.74) is 8.81. The lowest BCUT2D eigenvalue weighted by Crippen LogP contribution is -2.49. The molecule has 3 N–H and O–H groups in total. The summed E-state index contributed by atoms with van der Waals surface area (Å²) in [6.45, 7) is 6.96. The van der Waals surface area contributed by atoms with Crippen molar-refractivity contribution in [2.45, 2.75) is 12.6 Å². The predicted octanol–water partition coefficient (Wildman–Crippen LogP) is 1.34. The van der Waals surface area contributed by atoms with Gasteiger partial charge in [-0.25, -0.2) is 14.4 Å². The van der Waals surface area contributed by atoms with Gasteiger partial charge in [0.1, 0.15) is 5.82 Å². The van der Waals surface area contributed by atoms with Crippen molar-refractivity contribution in [3.05, 3.63) is 54.3 Å². The highest BCUT2D eigenvalue weighted by molar-refractivity contribution is 5.94. The maximum atomic E-state index is 15.1. The van der Waals surface area contributed by atoms with E-state index in [9.17, 15) is 4.79 Å². The normalized spacial score (nSPS) is 16.3. The van der Waals surface area contributed by atoms with Crippen LogP contribution in [-0.4, -0.2) is 117 Å². The Balaban J connectivity index is 0.933. The van der Waals surface area contributed by atoms with Gasteiger partial charge >= 0.3 is 0 Å². The molecule has 0 aliphatic carbocycles. The summed E-state index contributed by atoms with van der Waals surface area (Å²) in [5.74, 6) is 0.501. The van der Waals surface area contributed by atoms with Crippen LogP contribution in [-0.2, 0) is 11.3 Å². The molecule has 0 saturated carbocycles. The Morgan fingerprint density at radius 2 is 1.98 bits per heavy atom. The second-order valence-electron chi connectivity index (χ2n) is 11.2. The Morgan fingerprint density at radius 3 is 2.70 bits per heavy atom. The van der Waals surface area contributed by atoms with Gasteiger partial charge in [-0.15, -0.1) is 5.10 Å². The summed E-state index contributed by atoms with van der Waals surface area (Å²) in [4.78, 5) is 32.8. The van der Waals surface area contributed by atoms with Crippen LogP contribution in [0.15, 0.2) is 47.3 Å². The lowest BCUT2D eigenvalue weighted by atomic mass is 10.1. The number of amides is 1. The lowest BCUT2D eigenvalue weighted by molar-refractivity contribution is -0.0552. The number of rotatable bonds is 10. The number of carbonyl (C=O) groups excluding carboxylic acids is 1. The quantitative estimate of drug-likeness (QED) is 0.238. The first-order valence-corrected chi connectivity index (χ1v) is 14.7. The van der Waals surface area contributed by atoms with E-state index in [1.54, 1.807) is 36.9 Å². The number of ether oxygens (including phenoxy) is 1. The van der Waals surface area contributed by atoms with Crippen molar-refractivity contribution in [2.24, 2.45) is 0 Å². The van der Waals surface area contributed by atoms with Gasteiger partial charge in [0.25, 0.3) is 5.91 Å². The number of fused-ring (bicyclic) bond motifs is 3. The van der Waals surface area contributed by atoms with Crippen molar-refractivity contribution < 1.29 is 18.3 Å². The fraction of sp³-hybridized carbons (Fsp3) is 0.414. The fourth-order valence-electron chi connectivity index (χ4n) is 5.58. The van der Waals surface area contributed by atoms with Gasteiger partial charge in [0.15, 0.2) is 22.6 Å². The molecule has 4 aromatic heterocycles. The Bertz CT molecular complexity index is 1770. The van der Waals surface area contributed by atoms with Crippen LogP contribution in [0.1, 0.15) is 10.4 Å². The van der Waals surface area contributed by atoms with Gasteiger partial charge in [-0.05, 0) is 37.4 Å². The maximum absolute atomic E-state index is 15.1. The summed E-state index contributed by atoms with van der Waals surface area (Å²) >= 11 is 0. The molecule has 2 aliphatic heterocycles. The molecule has 2 fully saturated rings. The minimum absolute atomic E-state index is 0.214. The molecule has 7 rings (SSSR count). The van der Waals surface area contributed by atoms with Crippen LogP contribution in [0.3, 0.4) is 0 Å². The number of hydrogen-bond donors (Lipinski definition) is 2. The van der Waals surface area contributed by atoms with Gasteiger partial charge in [0, 0.05) is 57.9 Å². The zero-order valence-electron chi connectivity index (χ0n) is 24.4. The summed E-state index contributed by atoms with van der Waals surface area (Å²) in [5, 5.41) is 7.31. The summed E-state index contributed by atoms with van der Waals surface area (Å²) in [7, 11) is 2.01. The minimum atomic E-state index is -0.390. The maximum Gasteiger partial charge on any atom is 0.251 e. The Kier molecular flexibility index (Phi) is 7.57. The third-order valence-corrected chi connectivity index (χ3v) is 8.38. The number of anilines is 2. The first kappa shape index (κ1) is 28.2. The number of piperazine rings is 1. The zero-order valence-corrected chi connectivity index (χ0v) is 24.4. The predicted molar refractivity (Wildman–Crippen MR) is 161 cm³/mol. The van der Waals surface area contributed by atoms with Crippen LogP contribution >= 0.6 is 0 Å². The molecule has 1 amide bonds. The van der Waals surface area contributed by atoms with Crippen molar-refractivity contribution in [2.75, 3.05) is 76.7 Å². The van der Waals surface area contributed by atoms with E-state index in [4.69, 9.17) is 14.9 Å².